The van der Waals surface area contributed by atoms with Crippen LogP contribution in [0.2, 0.25) is 0 Å². The maximum atomic E-state index is 11.8. The highest BCUT2D eigenvalue weighted by atomic mass is 16.3. The largest absolute Gasteiger partial charge is 0.459 e. The molecule has 0 aliphatic heterocycles. The van der Waals surface area contributed by atoms with Crippen LogP contribution in [0.1, 0.15) is 43.2 Å². The number of carbonyl (C=O) groups is 1. The van der Waals surface area contributed by atoms with Crippen molar-refractivity contribution in [3.63, 3.8) is 0 Å². The first-order chi connectivity index (χ1) is 8.29. The molecule has 1 fully saturated rings. The van der Waals surface area contributed by atoms with Crippen LogP contribution in [-0.2, 0) is 0 Å². The van der Waals surface area contributed by atoms with Crippen LogP contribution in [0.15, 0.2) is 22.8 Å². The highest BCUT2D eigenvalue weighted by Gasteiger charge is 2.22. The predicted molar refractivity (Wildman–Crippen MR) is 65.9 cm³/mol. The van der Waals surface area contributed by atoms with Gasteiger partial charge in [-0.3, -0.25) is 4.79 Å². The van der Waals surface area contributed by atoms with Gasteiger partial charge in [0, 0.05) is 12.1 Å². The van der Waals surface area contributed by atoms with Crippen LogP contribution in [0.5, 0.6) is 0 Å². The first-order valence-electron chi connectivity index (χ1n) is 6.37. The van der Waals surface area contributed by atoms with Gasteiger partial charge >= 0.3 is 0 Å². The molecule has 0 bridgehead atoms. The van der Waals surface area contributed by atoms with E-state index in [1.54, 1.807) is 12.1 Å². The molecule has 94 valence electrons. The Balaban J connectivity index is 1.76. The molecule has 0 atom stereocenters. The Morgan fingerprint density at radius 2 is 2.06 bits per heavy atom. The molecule has 1 saturated carbocycles. The van der Waals surface area contributed by atoms with Gasteiger partial charge in [0.05, 0.1) is 6.26 Å². The summed E-state index contributed by atoms with van der Waals surface area (Å²) in [5.41, 5.74) is 0. The van der Waals surface area contributed by atoms with Gasteiger partial charge in [-0.2, -0.15) is 0 Å². The molecule has 17 heavy (non-hydrogen) atoms. The van der Waals surface area contributed by atoms with Gasteiger partial charge in [0.1, 0.15) is 0 Å². The van der Waals surface area contributed by atoms with Crippen LogP contribution < -0.4 is 10.6 Å². The van der Waals surface area contributed by atoms with Crippen molar-refractivity contribution in [1.82, 2.24) is 10.6 Å². The van der Waals surface area contributed by atoms with E-state index in [9.17, 15) is 4.79 Å². The van der Waals surface area contributed by atoms with Crippen LogP contribution in [0.3, 0.4) is 0 Å². The summed E-state index contributed by atoms with van der Waals surface area (Å²) in [6.45, 7) is 3.15. The molecule has 0 spiro atoms. The molecule has 0 radical (unpaired) electrons. The van der Waals surface area contributed by atoms with Gasteiger partial charge in [0.15, 0.2) is 5.76 Å². The summed E-state index contributed by atoms with van der Waals surface area (Å²) in [5.74, 6) is 0.306. The zero-order chi connectivity index (χ0) is 12.1. The third kappa shape index (κ3) is 3.33. The lowest BCUT2D eigenvalue weighted by atomic mass is 9.91. The van der Waals surface area contributed by atoms with E-state index in [0.717, 1.165) is 32.2 Å². The van der Waals surface area contributed by atoms with Gasteiger partial charge < -0.3 is 15.1 Å². The summed E-state index contributed by atoms with van der Waals surface area (Å²) in [6.07, 6.45) is 5.89. The van der Waals surface area contributed by atoms with Crippen molar-refractivity contribution in [2.75, 3.05) is 6.54 Å². The van der Waals surface area contributed by atoms with Crippen molar-refractivity contribution in [2.45, 2.75) is 44.7 Å². The van der Waals surface area contributed by atoms with Gasteiger partial charge in [0.25, 0.3) is 5.91 Å². The standard InChI is InChI=1S/C13H20N2O2/c1-2-14-10-5-7-11(8-6-10)15-13(16)12-4-3-9-17-12/h3-4,9-11,14H,2,5-8H2,1H3,(H,15,16). The monoisotopic (exact) mass is 236 g/mol. The number of hydrogen-bond donors (Lipinski definition) is 2. The zero-order valence-electron chi connectivity index (χ0n) is 10.2. The van der Waals surface area contributed by atoms with E-state index in [2.05, 4.69) is 17.6 Å². The Morgan fingerprint density at radius 1 is 1.35 bits per heavy atom. The Labute approximate surface area is 102 Å². The molecule has 4 nitrogen and oxygen atoms in total. The van der Waals surface area contributed by atoms with Crippen molar-refractivity contribution in [3.05, 3.63) is 24.2 Å². The number of furan rings is 1. The Kier molecular flexibility index (Phi) is 4.20. The first-order valence-corrected chi connectivity index (χ1v) is 6.37. The van der Waals surface area contributed by atoms with Crippen LogP contribution in [0, 0.1) is 0 Å². The van der Waals surface area contributed by atoms with Crippen LogP contribution >= 0.6 is 0 Å². The first kappa shape index (κ1) is 12.2. The summed E-state index contributed by atoms with van der Waals surface area (Å²) >= 11 is 0. The van der Waals surface area contributed by atoms with Gasteiger partial charge in [0.2, 0.25) is 0 Å². The average molecular weight is 236 g/mol. The zero-order valence-corrected chi connectivity index (χ0v) is 10.2. The highest BCUT2D eigenvalue weighted by molar-refractivity contribution is 5.91. The second kappa shape index (κ2) is 5.87. The lowest BCUT2D eigenvalue weighted by Gasteiger charge is -2.29. The average Bonchev–Trinajstić information content (AvgIpc) is 2.86. The Hall–Kier alpha value is -1.29. The van der Waals surface area contributed by atoms with Crippen LogP contribution in [0.4, 0.5) is 0 Å². The molecular formula is C13H20N2O2. The topological polar surface area (TPSA) is 54.3 Å². The molecule has 1 heterocycles. The number of rotatable bonds is 4. The summed E-state index contributed by atoms with van der Waals surface area (Å²) in [6, 6.07) is 4.34. The molecule has 2 N–H and O–H groups in total. The second-order valence-corrected chi connectivity index (χ2v) is 4.56. The molecule has 0 saturated heterocycles. The van der Waals surface area contributed by atoms with Gasteiger partial charge in [-0.25, -0.2) is 0 Å². The normalized spacial score (nSPS) is 24.5. The molecule has 1 aliphatic rings. The van der Waals surface area contributed by atoms with Gasteiger partial charge in [-0.15, -0.1) is 0 Å². The quantitative estimate of drug-likeness (QED) is 0.840. The number of nitrogens with one attached hydrogen (secondary N) is 2. The minimum Gasteiger partial charge on any atom is -0.459 e. The maximum Gasteiger partial charge on any atom is 0.287 e. The molecule has 0 unspecified atom stereocenters. The minimum atomic E-state index is -0.0955. The molecule has 1 aromatic rings. The van der Waals surface area contributed by atoms with E-state index in [1.807, 2.05) is 0 Å². The van der Waals surface area contributed by atoms with Crippen molar-refractivity contribution in [2.24, 2.45) is 0 Å². The lowest BCUT2D eigenvalue weighted by Crippen LogP contribution is -2.42. The fourth-order valence-electron chi connectivity index (χ4n) is 2.39. The third-order valence-corrected chi connectivity index (χ3v) is 3.30. The second-order valence-electron chi connectivity index (χ2n) is 4.56. The van der Waals surface area contributed by atoms with E-state index in [1.165, 1.54) is 6.26 Å². The highest BCUT2D eigenvalue weighted by Crippen LogP contribution is 2.19. The van der Waals surface area contributed by atoms with E-state index >= 15 is 0 Å². The molecule has 1 aliphatic carbocycles. The van der Waals surface area contributed by atoms with E-state index in [-0.39, 0.29) is 5.91 Å². The predicted octanol–water partition coefficient (Wildman–Crippen LogP) is 1.93. The maximum absolute atomic E-state index is 11.8. The summed E-state index contributed by atoms with van der Waals surface area (Å²) in [5, 5.41) is 6.48. The van der Waals surface area contributed by atoms with Crippen molar-refractivity contribution in [3.8, 4) is 0 Å². The molecule has 4 heteroatoms. The molecule has 0 aromatic carbocycles. The van der Waals surface area contributed by atoms with Gasteiger partial charge in [-0.1, -0.05) is 6.92 Å². The molecule has 1 amide bonds. The van der Waals surface area contributed by atoms with E-state index in [0.29, 0.717) is 17.8 Å². The Morgan fingerprint density at radius 3 is 2.65 bits per heavy atom. The number of carbonyl (C=O) groups excluding carboxylic acids is 1. The van der Waals surface area contributed by atoms with E-state index < -0.39 is 0 Å². The summed E-state index contributed by atoms with van der Waals surface area (Å²) < 4.78 is 5.07. The smallest absolute Gasteiger partial charge is 0.287 e. The summed E-state index contributed by atoms with van der Waals surface area (Å²) in [7, 11) is 0. The number of amides is 1. The fourth-order valence-corrected chi connectivity index (χ4v) is 2.39. The molecule has 1 aromatic heterocycles. The van der Waals surface area contributed by atoms with E-state index in [4.69, 9.17) is 4.42 Å². The molecule has 2 rings (SSSR count). The van der Waals surface area contributed by atoms with Crippen molar-refractivity contribution >= 4 is 5.91 Å². The fraction of sp³-hybridized carbons (Fsp3) is 0.615. The Bertz CT molecular complexity index is 340. The van der Waals surface area contributed by atoms with Crippen LogP contribution in [-0.4, -0.2) is 24.5 Å². The number of hydrogen-bond acceptors (Lipinski definition) is 3. The van der Waals surface area contributed by atoms with Crippen molar-refractivity contribution in [1.29, 1.82) is 0 Å². The molecular weight excluding hydrogens is 216 g/mol. The van der Waals surface area contributed by atoms with Crippen LogP contribution in [0.25, 0.3) is 0 Å². The van der Waals surface area contributed by atoms with Crippen molar-refractivity contribution < 1.29 is 9.21 Å². The lowest BCUT2D eigenvalue weighted by molar-refractivity contribution is 0.0896. The summed E-state index contributed by atoms with van der Waals surface area (Å²) in [4.78, 5) is 11.8. The van der Waals surface area contributed by atoms with Gasteiger partial charge in [-0.05, 0) is 44.4 Å². The third-order valence-electron chi connectivity index (χ3n) is 3.30. The SMILES string of the molecule is CCNC1CCC(NC(=O)c2ccco2)CC1. The minimum absolute atomic E-state index is 0.0955.